The fourth-order valence-electron chi connectivity index (χ4n) is 1.92. The van der Waals surface area contributed by atoms with Crippen molar-refractivity contribution in [3.05, 3.63) is 59.7 Å². The molecule has 5 heteroatoms. The molecular formula is C17H16O5. The first-order chi connectivity index (χ1) is 10.6. The Kier molecular flexibility index (Phi) is 5.27. The second-order valence-electron chi connectivity index (χ2n) is 4.62. The zero-order valence-electron chi connectivity index (χ0n) is 12.1. The van der Waals surface area contributed by atoms with Crippen LogP contribution in [0.25, 0.3) is 0 Å². The molecule has 0 amide bonds. The topological polar surface area (TPSA) is 72.8 Å². The molecule has 2 aromatic carbocycles. The summed E-state index contributed by atoms with van der Waals surface area (Å²) in [6.07, 6.45) is -0.296. The number of benzene rings is 2. The van der Waals surface area contributed by atoms with Crippen LogP contribution in [0.3, 0.4) is 0 Å². The van der Waals surface area contributed by atoms with E-state index in [0.29, 0.717) is 11.3 Å². The smallest absolute Gasteiger partial charge is 0.188 e. The largest absolute Gasteiger partial charge is 0.507 e. The van der Waals surface area contributed by atoms with Crippen molar-refractivity contribution in [3.8, 4) is 11.5 Å². The van der Waals surface area contributed by atoms with Crippen LogP contribution in [0.1, 0.15) is 27.1 Å². The molecule has 0 fully saturated rings. The highest BCUT2D eigenvalue weighted by Crippen LogP contribution is 2.19. The van der Waals surface area contributed by atoms with Crippen molar-refractivity contribution in [1.29, 1.82) is 0 Å². The molecule has 0 radical (unpaired) electrons. The van der Waals surface area contributed by atoms with Crippen LogP contribution >= 0.6 is 0 Å². The van der Waals surface area contributed by atoms with Crippen LogP contribution in [0.5, 0.6) is 11.5 Å². The Morgan fingerprint density at radius 1 is 1.00 bits per heavy atom. The van der Waals surface area contributed by atoms with Crippen molar-refractivity contribution >= 4 is 11.6 Å². The zero-order valence-corrected chi connectivity index (χ0v) is 12.1. The maximum absolute atomic E-state index is 12.1. The van der Waals surface area contributed by atoms with Gasteiger partial charge >= 0.3 is 0 Å². The van der Waals surface area contributed by atoms with E-state index in [-0.39, 0.29) is 30.3 Å². The number of phenolic OH excluding ortho intramolecular Hbond substituents is 1. The molecule has 0 saturated carbocycles. The van der Waals surface area contributed by atoms with E-state index in [1.165, 1.54) is 19.2 Å². The average molecular weight is 300 g/mol. The predicted molar refractivity (Wildman–Crippen MR) is 80.3 cm³/mol. The summed E-state index contributed by atoms with van der Waals surface area (Å²) >= 11 is 0. The number of para-hydroxylation sites is 1. The lowest BCUT2D eigenvalue weighted by molar-refractivity contribution is 0.0511. The average Bonchev–Trinajstić information content (AvgIpc) is 2.53. The quantitative estimate of drug-likeness (QED) is 0.483. The lowest BCUT2D eigenvalue weighted by Gasteiger charge is -2.06. The highest BCUT2D eigenvalue weighted by molar-refractivity contribution is 6.14. The number of ether oxygens (including phenoxy) is 2. The van der Waals surface area contributed by atoms with Gasteiger partial charge in [-0.3, -0.25) is 9.59 Å². The number of carbonyl (C=O) groups is 2. The van der Waals surface area contributed by atoms with Gasteiger partial charge in [-0.1, -0.05) is 12.1 Å². The minimum absolute atomic E-state index is 0.122. The van der Waals surface area contributed by atoms with Gasteiger partial charge in [0, 0.05) is 12.7 Å². The van der Waals surface area contributed by atoms with Gasteiger partial charge in [0.05, 0.1) is 12.0 Å². The molecule has 5 nitrogen and oxygen atoms in total. The Balaban J connectivity index is 2.03. The van der Waals surface area contributed by atoms with E-state index in [1.54, 1.807) is 36.4 Å². The van der Waals surface area contributed by atoms with Crippen LogP contribution in [0.2, 0.25) is 0 Å². The second kappa shape index (κ2) is 7.38. The summed E-state index contributed by atoms with van der Waals surface area (Å²) in [5.41, 5.74) is 0.560. The molecule has 0 spiro atoms. The molecule has 0 atom stereocenters. The van der Waals surface area contributed by atoms with Crippen LogP contribution in [0.15, 0.2) is 48.5 Å². The fourth-order valence-corrected chi connectivity index (χ4v) is 1.92. The number of hydrogen-bond acceptors (Lipinski definition) is 5. The maximum Gasteiger partial charge on any atom is 0.188 e. The van der Waals surface area contributed by atoms with Gasteiger partial charge in [-0.25, -0.2) is 0 Å². The predicted octanol–water partition coefficient (Wildman–Crippen LogP) is 2.83. The summed E-state index contributed by atoms with van der Waals surface area (Å²) in [5.74, 6) is -0.275. The van der Waals surface area contributed by atoms with E-state index in [4.69, 9.17) is 9.47 Å². The summed E-state index contributed by atoms with van der Waals surface area (Å²) in [6.45, 7) is 0.124. The van der Waals surface area contributed by atoms with Crippen molar-refractivity contribution < 1.29 is 24.2 Å². The Bertz CT molecular complexity index is 661. The van der Waals surface area contributed by atoms with E-state index in [0.717, 1.165) is 0 Å². The van der Waals surface area contributed by atoms with Crippen molar-refractivity contribution in [2.75, 3.05) is 13.9 Å². The van der Waals surface area contributed by atoms with Crippen LogP contribution in [-0.2, 0) is 4.74 Å². The molecule has 22 heavy (non-hydrogen) atoms. The summed E-state index contributed by atoms with van der Waals surface area (Å²) in [6, 6.07) is 12.6. The normalized spacial score (nSPS) is 10.2. The number of rotatable bonds is 7. The molecule has 0 aliphatic heterocycles. The van der Waals surface area contributed by atoms with E-state index in [2.05, 4.69) is 0 Å². The maximum atomic E-state index is 12.1. The third kappa shape index (κ3) is 3.93. The molecule has 0 aliphatic carbocycles. The van der Waals surface area contributed by atoms with E-state index in [9.17, 15) is 14.7 Å². The zero-order chi connectivity index (χ0) is 15.9. The molecule has 0 saturated heterocycles. The third-order valence-corrected chi connectivity index (χ3v) is 3.05. The number of Topliss-reactive ketones (excluding diaryl/α,β-unsaturated/α-hetero) is 2. The van der Waals surface area contributed by atoms with Crippen LogP contribution in [0.4, 0.5) is 0 Å². The third-order valence-electron chi connectivity index (χ3n) is 3.05. The molecule has 0 unspecified atom stereocenters. The molecule has 2 rings (SSSR count). The monoisotopic (exact) mass is 300 g/mol. The van der Waals surface area contributed by atoms with Crippen LogP contribution in [0, 0.1) is 0 Å². The minimum Gasteiger partial charge on any atom is -0.507 e. The van der Waals surface area contributed by atoms with E-state index < -0.39 is 5.78 Å². The van der Waals surface area contributed by atoms with Crippen molar-refractivity contribution in [2.45, 2.75) is 6.42 Å². The number of carbonyl (C=O) groups excluding carboxylic acids is 2. The summed E-state index contributed by atoms with van der Waals surface area (Å²) in [7, 11) is 1.52. The van der Waals surface area contributed by atoms with Gasteiger partial charge in [0.25, 0.3) is 0 Å². The molecule has 0 aliphatic rings. The Labute approximate surface area is 128 Å². The number of ketones is 2. The number of aromatic hydroxyl groups is 1. The van der Waals surface area contributed by atoms with E-state index >= 15 is 0 Å². The Hall–Kier alpha value is -2.66. The molecule has 114 valence electrons. The number of hydrogen-bond donors (Lipinski definition) is 1. The fraction of sp³-hybridized carbons (Fsp3) is 0.176. The Morgan fingerprint density at radius 2 is 1.68 bits per heavy atom. The second-order valence-corrected chi connectivity index (χ2v) is 4.62. The van der Waals surface area contributed by atoms with Crippen molar-refractivity contribution in [1.82, 2.24) is 0 Å². The summed E-state index contributed by atoms with van der Waals surface area (Å²) in [5, 5.41) is 9.62. The summed E-state index contributed by atoms with van der Waals surface area (Å²) in [4.78, 5) is 24.1. The summed E-state index contributed by atoms with van der Waals surface area (Å²) < 4.78 is 10.0. The first-order valence-corrected chi connectivity index (χ1v) is 6.68. The van der Waals surface area contributed by atoms with Gasteiger partial charge < -0.3 is 14.6 Å². The lowest BCUT2D eigenvalue weighted by atomic mass is 10.0. The Morgan fingerprint density at radius 3 is 2.32 bits per heavy atom. The first kappa shape index (κ1) is 15.7. The van der Waals surface area contributed by atoms with Gasteiger partial charge in [0.15, 0.2) is 18.4 Å². The van der Waals surface area contributed by atoms with Crippen molar-refractivity contribution in [3.63, 3.8) is 0 Å². The van der Waals surface area contributed by atoms with E-state index in [1.807, 2.05) is 0 Å². The molecular weight excluding hydrogens is 284 g/mol. The van der Waals surface area contributed by atoms with Gasteiger partial charge in [-0.2, -0.15) is 0 Å². The molecule has 0 bridgehead atoms. The van der Waals surface area contributed by atoms with Crippen molar-refractivity contribution in [2.24, 2.45) is 0 Å². The van der Waals surface area contributed by atoms with Gasteiger partial charge in [-0.05, 0) is 36.4 Å². The molecule has 0 aromatic heterocycles. The number of methoxy groups -OCH3 is 1. The standard InChI is InChI=1S/C17H16O5/c1-21-11-22-13-8-6-12(7-9-13)16(19)10-17(20)14-4-2-3-5-15(14)18/h2-9,18H,10-11H2,1H3. The van der Waals surface area contributed by atoms with Crippen LogP contribution < -0.4 is 4.74 Å². The van der Waals surface area contributed by atoms with Crippen LogP contribution in [-0.4, -0.2) is 30.6 Å². The van der Waals surface area contributed by atoms with Gasteiger partial charge in [0.2, 0.25) is 0 Å². The highest BCUT2D eigenvalue weighted by atomic mass is 16.7. The molecule has 0 heterocycles. The SMILES string of the molecule is COCOc1ccc(C(=O)CC(=O)c2ccccc2O)cc1. The lowest BCUT2D eigenvalue weighted by Crippen LogP contribution is -2.09. The highest BCUT2D eigenvalue weighted by Gasteiger charge is 2.16. The molecule has 1 N–H and O–H groups in total. The minimum atomic E-state index is -0.414. The molecule has 2 aromatic rings. The van der Waals surface area contributed by atoms with Gasteiger partial charge in [0.1, 0.15) is 11.5 Å². The number of phenols is 1. The first-order valence-electron chi connectivity index (χ1n) is 6.68. The van der Waals surface area contributed by atoms with Gasteiger partial charge in [-0.15, -0.1) is 0 Å².